The number of hydrogen-bond donors (Lipinski definition) is 2. The number of rotatable bonds is 7. The zero-order chi connectivity index (χ0) is 17.5. The van der Waals surface area contributed by atoms with E-state index in [0.29, 0.717) is 30.4 Å². The minimum absolute atomic E-state index is 0.187. The van der Waals surface area contributed by atoms with Gasteiger partial charge in [-0.2, -0.15) is 0 Å². The Morgan fingerprint density at radius 3 is 2.72 bits per heavy atom. The van der Waals surface area contributed by atoms with Gasteiger partial charge in [-0.3, -0.25) is 4.79 Å². The molecule has 0 atom stereocenters. The smallest absolute Gasteiger partial charge is 0.252 e. The zero-order valence-corrected chi connectivity index (χ0v) is 13.7. The summed E-state index contributed by atoms with van der Waals surface area (Å²) in [6, 6.07) is 9.02. The highest BCUT2D eigenvalue weighted by Crippen LogP contribution is 2.09. The van der Waals surface area contributed by atoms with Gasteiger partial charge in [-0.05, 0) is 18.2 Å². The summed E-state index contributed by atoms with van der Waals surface area (Å²) in [4.78, 5) is 24.4. The molecule has 0 radical (unpaired) electrons. The number of anilines is 1. The molecule has 0 unspecified atom stereocenters. The lowest BCUT2D eigenvalue weighted by Gasteiger charge is -2.09. The van der Waals surface area contributed by atoms with Gasteiger partial charge in [0, 0.05) is 43.8 Å². The molecule has 0 aliphatic heterocycles. The Labute approximate surface area is 144 Å². The van der Waals surface area contributed by atoms with Gasteiger partial charge in [0.25, 0.3) is 5.91 Å². The van der Waals surface area contributed by atoms with Crippen LogP contribution in [0, 0.1) is 0 Å². The summed E-state index contributed by atoms with van der Waals surface area (Å²) in [6.07, 6.45) is 6.80. The molecule has 25 heavy (non-hydrogen) atoms. The highest BCUT2D eigenvalue weighted by molar-refractivity contribution is 5.93. The molecule has 3 rings (SSSR count). The van der Waals surface area contributed by atoms with Crippen molar-refractivity contribution in [2.24, 2.45) is 0 Å². The van der Waals surface area contributed by atoms with Crippen LogP contribution in [0.25, 0.3) is 5.82 Å². The molecule has 8 heteroatoms. The van der Waals surface area contributed by atoms with Crippen LogP contribution >= 0.6 is 0 Å². The molecule has 3 heterocycles. The third kappa shape index (κ3) is 4.31. The van der Waals surface area contributed by atoms with Crippen molar-refractivity contribution in [3.63, 3.8) is 0 Å². The fraction of sp³-hybridized carbons (Fsp3) is 0.176. The third-order valence-corrected chi connectivity index (χ3v) is 3.45. The van der Waals surface area contributed by atoms with Crippen LogP contribution in [0.3, 0.4) is 0 Å². The first-order valence-corrected chi connectivity index (χ1v) is 7.74. The van der Waals surface area contributed by atoms with E-state index in [1.54, 1.807) is 12.1 Å². The molecule has 2 N–H and O–H groups in total. The van der Waals surface area contributed by atoms with Crippen LogP contribution in [0.4, 0.5) is 5.82 Å². The van der Waals surface area contributed by atoms with Gasteiger partial charge in [0.15, 0.2) is 0 Å². The predicted octanol–water partition coefficient (Wildman–Crippen LogP) is 1.51. The molecule has 0 fully saturated rings. The van der Waals surface area contributed by atoms with Crippen molar-refractivity contribution >= 4 is 11.7 Å². The first kappa shape index (κ1) is 16.4. The average molecular weight is 338 g/mol. The van der Waals surface area contributed by atoms with E-state index in [-0.39, 0.29) is 5.91 Å². The van der Waals surface area contributed by atoms with E-state index >= 15 is 0 Å². The Bertz CT molecular complexity index is 817. The highest BCUT2D eigenvalue weighted by Gasteiger charge is 2.06. The number of nitrogens with zero attached hydrogens (tertiary/aromatic N) is 4. The predicted molar refractivity (Wildman–Crippen MR) is 93.0 cm³/mol. The zero-order valence-electron chi connectivity index (χ0n) is 13.7. The lowest BCUT2D eigenvalue weighted by atomic mass is 10.2. The van der Waals surface area contributed by atoms with Crippen molar-refractivity contribution in [1.29, 1.82) is 0 Å². The highest BCUT2D eigenvalue weighted by atomic mass is 16.5. The van der Waals surface area contributed by atoms with E-state index in [2.05, 4.69) is 25.6 Å². The number of nitrogens with one attached hydrogen (secondary N) is 2. The van der Waals surface area contributed by atoms with Crippen molar-refractivity contribution in [1.82, 2.24) is 24.8 Å². The van der Waals surface area contributed by atoms with Crippen LogP contribution in [0.15, 0.2) is 55.2 Å². The fourth-order valence-electron chi connectivity index (χ4n) is 2.18. The number of methoxy groups -OCH3 is 1. The largest absolute Gasteiger partial charge is 0.481 e. The van der Waals surface area contributed by atoms with Gasteiger partial charge < -0.3 is 19.9 Å². The number of hydrogen-bond acceptors (Lipinski definition) is 6. The molecule has 8 nitrogen and oxygen atoms in total. The first-order chi connectivity index (χ1) is 12.3. The minimum Gasteiger partial charge on any atom is -0.481 e. The van der Waals surface area contributed by atoms with Crippen LogP contribution in [0.5, 0.6) is 5.88 Å². The van der Waals surface area contributed by atoms with Gasteiger partial charge in [0.1, 0.15) is 18.0 Å². The van der Waals surface area contributed by atoms with Crippen LogP contribution in [0.1, 0.15) is 10.4 Å². The molecule has 0 aliphatic rings. The van der Waals surface area contributed by atoms with E-state index in [4.69, 9.17) is 4.74 Å². The SMILES string of the molecule is COc1ccc(C(=O)NCCNc2cc(-n3cccc3)ncn2)cn1. The Balaban J connectivity index is 1.48. The molecular formula is C17H18N6O2. The second-order valence-electron chi connectivity index (χ2n) is 5.12. The Kier molecular flexibility index (Phi) is 5.20. The maximum absolute atomic E-state index is 12.0. The van der Waals surface area contributed by atoms with Crippen LogP contribution in [-0.4, -0.2) is 45.6 Å². The lowest BCUT2D eigenvalue weighted by molar-refractivity contribution is 0.0954. The molecule has 0 spiro atoms. The standard InChI is InChI=1S/C17H18N6O2/c1-25-16-5-4-13(11-20-16)17(24)19-7-6-18-14-10-15(22-12-21-14)23-8-2-3-9-23/h2-5,8-12H,6-7H2,1H3,(H,19,24)(H,18,21,22). The molecular weight excluding hydrogens is 320 g/mol. The number of amides is 1. The molecule has 128 valence electrons. The fourth-order valence-corrected chi connectivity index (χ4v) is 2.18. The monoisotopic (exact) mass is 338 g/mol. The van der Waals surface area contributed by atoms with Gasteiger partial charge in [-0.25, -0.2) is 15.0 Å². The van der Waals surface area contributed by atoms with E-state index in [9.17, 15) is 4.79 Å². The van der Waals surface area contributed by atoms with Crippen molar-refractivity contribution in [3.05, 3.63) is 60.8 Å². The quantitative estimate of drug-likeness (QED) is 0.634. The second-order valence-corrected chi connectivity index (χ2v) is 5.12. The van der Waals surface area contributed by atoms with Gasteiger partial charge in [-0.1, -0.05) is 0 Å². The van der Waals surface area contributed by atoms with E-state index < -0.39 is 0 Å². The van der Waals surface area contributed by atoms with Crippen molar-refractivity contribution in [2.45, 2.75) is 0 Å². The normalized spacial score (nSPS) is 10.3. The summed E-state index contributed by atoms with van der Waals surface area (Å²) >= 11 is 0. The minimum atomic E-state index is -0.187. The summed E-state index contributed by atoms with van der Waals surface area (Å²) in [5, 5.41) is 5.98. The summed E-state index contributed by atoms with van der Waals surface area (Å²) < 4.78 is 6.86. The Morgan fingerprint density at radius 1 is 1.16 bits per heavy atom. The second kappa shape index (κ2) is 7.91. The molecule has 3 aromatic rings. The topological polar surface area (TPSA) is 94.0 Å². The Hall–Kier alpha value is -3.42. The molecule has 0 aliphatic carbocycles. The molecule has 3 aromatic heterocycles. The van der Waals surface area contributed by atoms with E-state index in [0.717, 1.165) is 5.82 Å². The number of pyridine rings is 1. The summed E-state index contributed by atoms with van der Waals surface area (Å²) in [5.41, 5.74) is 0.484. The van der Waals surface area contributed by atoms with E-state index in [1.807, 2.05) is 35.2 Å². The van der Waals surface area contributed by atoms with E-state index in [1.165, 1.54) is 19.6 Å². The average Bonchev–Trinajstić information content (AvgIpc) is 3.20. The van der Waals surface area contributed by atoms with Gasteiger partial charge in [0.2, 0.25) is 5.88 Å². The number of carbonyl (C=O) groups excluding carboxylic acids is 1. The van der Waals surface area contributed by atoms with Crippen LogP contribution in [0.2, 0.25) is 0 Å². The summed E-state index contributed by atoms with van der Waals surface area (Å²) in [5.74, 6) is 1.75. The van der Waals surface area contributed by atoms with Gasteiger partial charge in [-0.15, -0.1) is 0 Å². The van der Waals surface area contributed by atoms with Crippen molar-refractivity contribution in [3.8, 4) is 11.7 Å². The number of ether oxygens (including phenoxy) is 1. The van der Waals surface area contributed by atoms with Crippen molar-refractivity contribution in [2.75, 3.05) is 25.5 Å². The molecule has 1 amide bonds. The summed E-state index contributed by atoms with van der Waals surface area (Å²) in [7, 11) is 1.53. The maximum atomic E-state index is 12.0. The van der Waals surface area contributed by atoms with Crippen LogP contribution in [-0.2, 0) is 0 Å². The van der Waals surface area contributed by atoms with Gasteiger partial charge in [0.05, 0.1) is 12.7 Å². The van der Waals surface area contributed by atoms with Crippen LogP contribution < -0.4 is 15.4 Å². The lowest BCUT2D eigenvalue weighted by Crippen LogP contribution is -2.29. The number of aromatic nitrogens is 4. The first-order valence-electron chi connectivity index (χ1n) is 7.74. The maximum Gasteiger partial charge on any atom is 0.252 e. The molecule has 0 aromatic carbocycles. The van der Waals surface area contributed by atoms with Crippen molar-refractivity contribution < 1.29 is 9.53 Å². The summed E-state index contributed by atoms with van der Waals surface area (Å²) in [6.45, 7) is 0.991. The van der Waals surface area contributed by atoms with Gasteiger partial charge >= 0.3 is 0 Å². The molecule has 0 bridgehead atoms. The third-order valence-electron chi connectivity index (χ3n) is 3.45. The molecule has 0 saturated carbocycles. The Morgan fingerprint density at radius 2 is 2.00 bits per heavy atom. The molecule has 0 saturated heterocycles. The number of carbonyl (C=O) groups is 1.